The zero-order valence-electron chi connectivity index (χ0n) is 23.2. The van der Waals surface area contributed by atoms with Gasteiger partial charge < -0.3 is 13.9 Å². The van der Waals surface area contributed by atoms with E-state index in [1.165, 1.54) is 32.6 Å². The Hall–Kier alpha value is -5.87. The molecule has 0 aliphatic heterocycles. The number of hydrogen-bond donors (Lipinski definition) is 0. The molecule has 0 N–H and O–H groups in total. The fraction of sp³-hybridized carbons (Fsp3) is 0. The van der Waals surface area contributed by atoms with Crippen molar-refractivity contribution in [3.63, 3.8) is 0 Å². The molecule has 0 saturated heterocycles. The van der Waals surface area contributed by atoms with E-state index < -0.39 is 0 Å². The van der Waals surface area contributed by atoms with E-state index in [0.29, 0.717) is 0 Å². The van der Waals surface area contributed by atoms with E-state index in [-0.39, 0.29) is 0 Å². The van der Waals surface area contributed by atoms with Crippen molar-refractivity contribution in [2.75, 3.05) is 4.90 Å². The normalized spacial score (nSPS) is 11.7. The molecule has 43 heavy (non-hydrogen) atoms. The highest BCUT2D eigenvalue weighted by Crippen LogP contribution is 2.40. The minimum Gasteiger partial charge on any atom is -0.454 e. The number of anilines is 3. The summed E-state index contributed by atoms with van der Waals surface area (Å²) in [6.07, 6.45) is 1.81. The zero-order chi connectivity index (χ0) is 28.3. The van der Waals surface area contributed by atoms with Crippen LogP contribution in [-0.2, 0) is 0 Å². The summed E-state index contributed by atoms with van der Waals surface area (Å²) in [4.78, 5) is 6.90. The molecular formula is C39H25N3O. The Kier molecular flexibility index (Phi) is 5.16. The van der Waals surface area contributed by atoms with Gasteiger partial charge in [-0.05, 0) is 78.2 Å². The Bertz CT molecular complexity index is 2450. The largest absolute Gasteiger partial charge is 0.454 e. The van der Waals surface area contributed by atoms with Gasteiger partial charge in [-0.15, -0.1) is 0 Å². The van der Waals surface area contributed by atoms with E-state index in [1.54, 1.807) is 0 Å². The number of aromatic nitrogens is 2. The van der Waals surface area contributed by atoms with Crippen LogP contribution in [0.2, 0.25) is 0 Å². The minimum atomic E-state index is 0.795. The lowest BCUT2D eigenvalue weighted by Crippen LogP contribution is -2.10. The van der Waals surface area contributed by atoms with Crippen LogP contribution in [0.15, 0.2) is 156 Å². The maximum atomic E-state index is 6.07. The molecule has 3 aromatic heterocycles. The number of para-hydroxylation sites is 2. The minimum absolute atomic E-state index is 0.795. The first-order valence-electron chi connectivity index (χ1n) is 14.5. The Balaban J connectivity index is 1.24. The molecule has 9 aromatic rings. The summed E-state index contributed by atoms with van der Waals surface area (Å²) in [5, 5.41) is 6.01. The van der Waals surface area contributed by atoms with Gasteiger partial charge in [0, 0.05) is 50.5 Å². The Morgan fingerprint density at radius 3 is 2.14 bits per heavy atom. The van der Waals surface area contributed by atoms with Gasteiger partial charge >= 0.3 is 0 Å². The van der Waals surface area contributed by atoms with Crippen molar-refractivity contribution in [1.82, 2.24) is 9.55 Å². The summed E-state index contributed by atoms with van der Waals surface area (Å²) >= 11 is 0. The smallest absolute Gasteiger partial charge is 0.153 e. The van der Waals surface area contributed by atoms with Crippen molar-refractivity contribution in [3.8, 4) is 5.69 Å². The molecule has 4 nitrogen and oxygen atoms in total. The maximum Gasteiger partial charge on any atom is 0.153 e. The van der Waals surface area contributed by atoms with Crippen molar-refractivity contribution in [2.24, 2.45) is 0 Å². The van der Waals surface area contributed by atoms with Crippen LogP contribution in [0.4, 0.5) is 17.1 Å². The SMILES string of the molecule is c1ccc(N(c2ccc(-n3c4ccccc4c4ccc5ccccc5c43)cc2)c2ccc3oc4cccnc4c3c2)cc1. The molecule has 0 atom stereocenters. The second-order valence-electron chi connectivity index (χ2n) is 10.9. The van der Waals surface area contributed by atoms with E-state index in [9.17, 15) is 0 Å². The third-order valence-electron chi connectivity index (χ3n) is 8.41. The molecule has 0 fully saturated rings. The third kappa shape index (κ3) is 3.67. The van der Waals surface area contributed by atoms with Gasteiger partial charge in [0.2, 0.25) is 0 Å². The van der Waals surface area contributed by atoms with Crippen molar-refractivity contribution in [1.29, 1.82) is 0 Å². The highest BCUT2D eigenvalue weighted by atomic mass is 16.3. The summed E-state index contributed by atoms with van der Waals surface area (Å²) < 4.78 is 8.47. The second kappa shape index (κ2) is 9.33. The molecule has 0 saturated carbocycles. The number of benzene rings is 6. The maximum absolute atomic E-state index is 6.07. The lowest BCUT2D eigenvalue weighted by molar-refractivity contribution is 0.668. The highest BCUT2D eigenvalue weighted by Gasteiger charge is 2.18. The summed E-state index contributed by atoms with van der Waals surface area (Å²) in [6.45, 7) is 0. The number of rotatable bonds is 4. The Morgan fingerprint density at radius 1 is 0.512 bits per heavy atom. The molecule has 0 amide bonds. The van der Waals surface area contributed by atoms with Gasteiger partial charge in [0.15, 0.2) is 5.58 Å². The molecule has 0 aliphatic carbocycles. The van der Waals surface area contributed by atoms with Crippen LogP contribution in [-0.4, -0.2) is 9.55 Å². The van der Waals surface area contributed by atoms with E-state index in [0.717, 1.165) is 44.8 Å². The molecule has 9 rings (SSSR count). The van der Waals surface area contributed by atoms with Crippen molar-refractivity contribution in [2.45, 2.75) is 0 Å². The molecule has 0 unspecified atom stereocenters. The number of hydrogen-bond acceptors (Lipinski definition) is 3. The molecule has 0 bridgehead atoms. The molecule has 0 radical (unpaired) electrons. The van der Waals surface area contributed by atoms with E-state index in [1.807, 2.05) is 30.5 Å². The van der Waals surface area contributed by atoms with Crippen molar-refractivity contribution in [3.05, 3.63) is 152 Å². The average molecular weight is 552 g/mol. The van der Waals surface area contributed by atoms with E-state index in [4.69, 9.17) is 4.42 Å². The van der Waals surface area contributed by atoms with Crippen LogP contribution in [0.1, 0.15) is 0 Å². The van der Waals surface area contributed by atoms with Crippen LogP contribution in [0.25, 0.3) is 60.3 Å². The summed E-state index contributed by atoms with van der Waals surface area (Å²) in [5.74, 6) is 0. The standard InChI is InChI=1S/C39H25N3O/c1-2-10-27(11-3-1)41(30-21-23-36-34(25-30)38-37(43-36)15-8-24-40-38)28-17-19-29(20-18-28)42-35-14-7-6-13-32(35)33-22-16-26-9-4-5-12-31(26)39(33)42/h1-25H. The number of furan rings is 1. The Morgan fingerprint density at radius 2 is 1.26 bits per heavy atom. The van der Waals surface area contributed by atoms with Gasteiger partial charge in [0.05, 0.1) is 11.0 Å². The molecule has 202 valence electrons. The van der Waals surface area contributed by atoms with Crippen LogP contribution in [0, 0.1) is 0 Å². The number of nitrogens with zero attached hydrogens (tertiary/aromatic N) is 3. The third-order valence-corrected chi connectivity index (χ3v) is 8.41. The summed E-state index contributed by atoms with van der Waals surface area (Å²) in [5.41, 5.74) is 9.26. The summed E-state index contributed by atoms with van der Waals surface area (Å²) in [7, 11) is 0. The molecule has 6 aromatic carbocycles. The first-order chi connectivity index (χ1) is 21.3. The topological polar surface area (TPSA) is 34.2 Å². The monoisotopic (exact) mass is 551 g/mol. The second-order valence-corrected chi connectivity index (χ2v) is 10.9. The van der Waals surface area contributed by atoms with Crippen LogP contribution >= 0.6 is 0 Å². The van der Waals surface area contributed by atoms with Gasteiger partial charge in [-0.3, -0.25) is 4.98 Å². The van der Waals surface area contributed by atoms with E-state index >= 15 is 0 Å². The van der Waals surface area contributed by atoms with Gasteiger partial charge in [0.25, 0.3) is 0 Å². The Labute approximate surface area is 247 Å². The van der Waals surface area contributed by atoms with Crippen LogP contribution < -0.4 is 4.90 Å². The van der Waals surface area contributed by atoms with Crippen molar-refractivity contribution < 1.29 is 4.42 Å². The molecular weight excluding hydrogens is 526 g/mol. The zero-order valence-corrected chi connectivity index (χ0v) is 23.2. The first kappa shape index (κ1) is 23.8. The number of fused-ring (bicyclic) bond motifs is 8. The fourth-order valence-corrected chi connectivity index (χ4v) is 6.50. The number of pyridine rings is 1. The first-order valence-corrected chi connectivity index (χ1v) is 14.5. The lowest BCUT2D eigenvalue weighted by Gasteiger charge is -2.25. The van der Waals surface area contributed by atoms with Gasteiger partial charge in [-0.1, -0.05) is 72.8 Å². The molecule has 4 heteroatoms. The quantitative estimate of drug-likeness (QED) is 0.218. The van der Waals surface area contributed by atoms with Gasteiger partial charge in [0.1, 0.15) is 11.1 Å². The lowest BCUT2D eigenvalue weighted by atomic mass is 10.1. The molecule has 0 aliphatic rings. The molecule has 3 heterocycles. The predicted molar refractivity (Wildman–Crippen MR) is 178 cm³/mol. The van der Waals surface area contributed by atoms with Crippen molar-refractivity contribution >= 4 is 71.7 Å². The predicted octanol–water partition coefficient (Wildman–Crippen LogP) is 10.7. The van der Waals surface area contributed by atoms with Crippen LogP contribution in [0.3, 0.4) is 0 Å². The van der Waals surface area contributed by atoms with Gasteiger partial charge in [-0.2, -0.15) is 0 Å². The fourth-order valence-electron chi connectivity index (χ4n) is 6.50. The van der Waals surface area contributed by atoms with Crippen LogP contribution in [0.5, 0.6) is 0 Å². The summed E-state index contributed by atoms with van der Waals surface area (Å²) in [6, 6.07) is 51.4. The highest BCUT2D eigenvalue weighted by molar-refractivity contribution is 6.18. The molecule has 0 spiro atoms. The van der Waals surface area contributed by atoms with E-state index in [2.05, 4.69) is 136 Å². The van der Waals surface area contributed by atoms with Gasteiger partial charge in [-0.25, -0.2) is 0 Å². The average Bonchev–Trinajstić information content (AvgIpc) is 3.62.